The maximum atomic E-state index is 12.5. The van der Waals surface area contributed by atoms with E-state index in [2.05, 4.69) is 0 Å². The van der Waals surface area contributed by atoms with Crippen molar-refractivity contribution < 1.29 is 12.8 Å². The summed E-state index contributed by atoms with van der Waals surface area (Å²) in [4.78, 5) is 0. The highest BCUT2D eigenvalue weighted by Gasteiger charge is 2.08. The molecule has 0 aliphatic carbocycles. The van der Waals surface area contributed by atoms with Crippen molar-refractivity contribution in [2.75, 3.05) is 5.75 Å². The first-order chi connectivity index (χ1) is 6.03. The molecule has 0 bridgehead atoms. The van der Waals surface area contributed by atoms with E-state index in [1.54, 1.807) is 6.92 Å². The van der Waals surface area contributed by atoms with Crippen molar-refractivity contribution in [2.24, 2.45) is 0 Å². The van der Waals surface area contributed by atoms with Gasteiger partial charge in [0, 0.05) is 5.75 Å². The van der Waals surface area contributed by atoms with Gasteiger partial charge in [0.05, 0.1) is 5.75 Å². The Labute approximate surface area is 77.3 Å². The van der Waals surface area contributed by atoms with Gasteiger partial charge in [-0.1, -0.05) is 19.1 Å². The van der Waals surface area contributed by atoms with Crippen molar-refractivity contribution in [1.82, 2.24) is 0 Å². The molecular weight excluding hydrogens is 191 g/mol. The lowest BCUT2D eigenvalue weighted by Crippen LogP contribution is -2.06. The molecule has 0 unspecified atom stereocenters. The maximum absolute atomic E-state index is 12.5. The Morgan fingerprint density at radius 3 is 2.23 bits per heavy atom. The number of hydrogen-bond acceptors (Lipinski definition) is 2. The van der Waals surface area contributed by atoms with Gasteiger partial charge in [-0.15, -0.1) is 0 Å². The number of halogens is 1. The van der Waals surface area contributed by atoms with Gasteiger partial charge in [-0.2, -0.15) is 0 Å². The molecule has 0 amide bonds. The van der Waals surface area contributed by atoms with Crippen molar-refractivity contribution in [3.63, 3.8) is 0 Å². The molecule has 0 N–H and O–H groups in total. The van der Waals surface area contributed by atoms with Gasteiger partial charge in [0.15, 0.2) is 9.84 Å². The highest BCUT2D eigenvalue weighted by Crippen LogP contribution is 2.07. The van der Waals surface area contributed by atoms with Gasteiger partial charge < -0.3 is 0 Å². The van der Waals surface area contributed by atoms with E-state index in [1.807, 2.05) is 0 Å². The molecule has 0 radical (unpaired) electrons. The normalized spacial score (nSPS) is 11.5. The maximum Gasteiger partial charge on any atom is 0.154 e. The Morgan fingerprint density at radius 2 is 1.77 bits per heavy atom. The minimum atomic E-state index is -3.01. The summed E-state index contributed by atoms with van der Waals surface area (Å²) in [5.41, 5.74) is 0.628. The predicted molar refractivity (Wildman–Crippen MR) is 49.6 cm³/mol. The predicted octanol–water partition coefficient (Wildman–Crippen LogP) is 1.76. The lowest BCUT2D eigenvalue weighted by atomic mass is 10.2. The lowest BCUT2D eigenvalue weighted by molar-refractivity contribution is 0.596. The van der Waals surface area contributed by atoms with Crippen LogP contribution in [0.15, 0.2) is 24.3 Å². The highest BCUT2D eigenvalue weighted by molar-refractivity contribution is 7.90. The number of sulfone groups is 1. The zero-order valence-electron chi connectivity index (χ0n) is 7.33. The van der Waals surface area contributed by atoms with Crippen molar-refractivity contribution >= 4 is 9.84 Å². The fraction of sp³-hybridized carbons (Fsp3) is 0.333. The van der Waals surface area contributed by atoms with Crippen LogP contribution < -0.4 is 0 Å². The van der Waals surface area contributed by atoms with Gasteiger partial charge in [-0.3, -0.25) is 0 Å². The summed E-state index contributed by atoms with van der Waals surface area (Å²) in [5, 5.41) is 0. The summed E-state index contributed by atoms with van der Waals surface area (Å²) >= 11 is 0. The minimum absolute atomic E-state index is 0.0101. The smallest absolute Gasteiger partial charge is 0.154 e. The van der Waals surface area contributed by atoms with Crippen LogP contribution in [0.1, 0.15) is 12.5 Å². The topological polar surface area (TPSA) is 34.1 Å². The molecule has 0 atom stereocenters. The van der Waals surface area contributed by atoms with Gasteiger partial charge in [-0.05, 0) is 17.7 Å². The molecule has 0 saturated heterocycles. The molecule has 0 spiro atoms. The number of rotatable bonds is 3. The summed E-state index contributed by atoms with van der Waals surface area (Å²) in [6, 6.07) is 5.51. The van der Waals surface area contributed by atoms with E-state index in [1.165, 1.54) is 24.3 Å². The molecular formula is C9H11FO2S. The zero-order valence-corrected chi connectivity index (χ0v) is 8.14. The Kier molecular flexibility index (Phi) is 3.03. The van der Waals surface area contributed by atoms with Crippen LogP contribution in [0.4, 0.5) is 4.39 Å². The third kappa shape index (κ3) is 3.14. The van der Waals surface area contributed by atoms with Crippen LogP contribution in [0.5, 0.6) is 0 Å². The van der Waals surface area contributed by atoms with E-state index in [0.29, 0.717) is 5.56 Å². The summed E-state index contributed by atoms with van der Waals surface area (Å²) < 4.78 is 34.8. The largest absolute Gasteiger partial charge is 0.229 e. The van der Waals surface area contributed by atoms with E-state index in [9.17, 15) is 12.8 Å². The van der Waals surface area contributed by atoms with Gasteiger partial charge in [-0.25, -0.2) is 12.8 Å². The number of benzene rings is 1. The minimum Gasteiger partial charge on any atom is -0.229 e. The van der Waals surface area contributed by atoms with E-state index in [-0.39, 0.29) is 17.3 Å². The first kappa shape index (κ1) is 10.2. The molecule has 13 heavy (non-hydrogen) atoms. The standard InChI is InChI=1S/C9H11FO2S/c1-2-13(11,12)7-8-3-5-9(10)6-4-8/h3-6H,2,7H2,1H3. The summed E-state index contributed by atoms with van der Waals surface area (Å²) in [7, 11) is -3.01. The second kappa shape index (κ2) is 3.87. The molecule has 0 aliphatic heterocycles. The van der Waals surface area contributed by atoms with E-state index in [0.717, 1.165) is 0 Å². The third-order valence-electron chi connectivity index (χ3n) is 1.74. The molecule has 1 rings (SSSR count). The summed E-state index contributed by atoms with van der Waals surface area (Å²) in [6.45, 7) is 1.60. The van der Waals surface area contributed by atoms with Gasteiger partial charge >= 0.3 is 0 Å². The fourth-order valence-corrected chi connectivity index (χ4v) is 1.84. The Bertz CT molecular complexity index is 367. The van der Waals surface area contributed by atoms with Gasteiger partial charge in [0.25, 0.3) is 0 Å². The molecule has 0 aromatic heterocycles. The molecule has 0 heterocycles. The summed E-state index contributed by atoms with van der Waals surface area (Å²) in [5.74, 6) is -0.244. The van der Waals surface area contributed by atoms with E-state index < -0.39 is 9.84 Å². The van der Waals surface area contributed by atoms with Crippen LogP contribution in [-0.4, -0.2) is 14.2 Å². The van der Waals surface area contributed by atoms with Crippen LogP contribution in [-0.2, 0) is 15.6 Å². The fourth-order valence-electron chi connectivity index (χ4n) is 0.937. The van der Waals surface area contributed by atoms with Gasteiger partial charge in [0.1, 0.15) is 5.82 Å². The highest BCUT2D eigenvalue weighted by atomic mass is 32.2. The monoisotopic (exact) mass is 202 g/mol. The Balaban J connectivity index is 2.82. The van der Waals surface area contributed by atoms with Crippen molar-refractivity contribution in [3.05, 3.63) is 35.6 Å². The Hall–Kier alpha value is -0.900. The average Bonchev–Trinajstić information content (AvgIpc) is 2.09. The van der Waals surface area contributed by atoms with E-state index >= 15 is 0 Å². The first-order valence-electron chi connectivity index (χ1n) is 3.98. The molecule has 2 nitrogen and oxygen atoms in total. The molecule has 72 valence electrons. The average molecular weight is 202 g/mol. The zero-order chi connectivity index (χ0) is 9.90. The lowest BCUT2D eigenvalue weighted by Gasteiger charge is -2.00. The first-order valence-corrected chi connectivity index (χ1v) is 5.80. The van der Waals surface area contributed by atoms with Crippen LogP contribution in [0.3, 0.4) is 0 Å². The Morgan fingerprint density at radius 1 is 1.23 bits per heavy atom. The molecule has 1 aromatic rings. The molecule has 1 aromatic carbocycles. The van der Waals surface area contributed by atoms with Crippen molar-refractivity contribution in [2.45, 2.75) is 12.7 Å². The summed E-state index contributed by atoms with van der Waals surface area (Å²) in [6.07, 6.45) is 0. The van der Waals surface area contributed by atoms with Crippen LogP contribution in [0.2, 0.25) is 0 Å². The van der Waals surface area contributed by atoms with Crippen LogP contribution >= 0.6 is 0 Å². The molecule has 4 heteroatoms. The van der Waals surface area contributed by atoms with Crippen molar-refractivity contribution in [1.29, 1.82) is 0 Å². The SMILES string of the molecule is CCS(=O)(=O)Cc1ccc(F)cc1. The second-order valence-electron chi connectivity index (χ2n) is 2.80. The molecule has 0 fully saturated rings. The van der Waals surface area contributed by atoms with Gasteiger partial charge in [0.2, 0.25) is 0 Å². The van der Waals surface area contributed by atoms with E-state index in [4.69, 9.17) is 0 Å². The van der Waals surface area contributed by atoms with Crippen LogP contribution in [0.25, 0.3) is 0 Å². The van der Waals surface area contributed by atoms with Crippen LogP contribution in [0, 0.1) is 5.82 Å². The third-order valence-corrected chi connectivity index (χ3v) is 3.39. The number of hydrogen-bond donors (Lipinski definition) is 0. The van der Waals surface area contributed by atoms with Crippen molar-refractivity contribution in [3.8, 4) is 0 Å². The molecule has 0 aliphatic rings. The molecule has 0 saturated carbocycles. The second-order valence-corrected chi connectivity index (χ2v) is 5.16. The quantitative estimate of drug-likeness (QED) is 0.748.